The van der Waals surface area contributed by atoms with Crippen LogP contribution in [0.2, 0.25) is 0 Å². The summed E-state index contributed by atoms with van der Waals surface area (Å²) in [4.78, 5) is 18.2. The third kappa shape index (κ3) is 6.13. The van der Waals surface area contributed by atoms with Crippen LogP contribution < -0.4 is 0 Å². The molecule has 0 aromatic carbocycles. The van der Waals surface area contributed by atoms with Crippen LogP contribution in [0, 0.1) is 35.6 Å². The zero-order valence-corrected chi connectivity index (χ0v) is 6.91. The number of carboxylic acids is 2. The molecular formula is C2H2LaO4. The molecule has 0 aliphatic rings. The third-order valence-corrected chi connectivity index (χ3v) is 0.183. The van der Waals surface area contributed by atoms with Gasteiger partial charge in [-0.3, -0.25) is 0 Å². The van der Waals surface area contributed by atoms with Crippen LogP contribution in [0.5, 0.6) is 0 Å². The molecule has 0 amide bonds. The second-order valence-corrected chi connectivity index (χ2v) is 0.610. The summed E-state index contributed by atoms with van der Waals surface area (Å²) >= 11 is 0. The summed E-state index contributed by atoms with van der Waals surface area (Å²) in [6.07, 6.45) is 0. The van der Waals surface area contributed by atoms with E-state index in [4.69, 9.17) is 19.8 Å². The predicted octanol–water partition coefficient (Wildman–Crippen LogP) is -0.844. The van der Waals surface area contributed by atoms with E-state index in [1.54, 1.807) is 0 Å². The maximum atomic E-state index is 9.10. The molecule has 0 aromatic heterocycles. The smallest absolute Gasteiger partial charge is 0.414 e. The van der Waals surface area contributed by atoms with E-state index in [2.05, 4.69) is 0 Å². The fourth-order valence-electron chi connectivity index (χ4n) is 0. The molecule has 1 radical (unpaired) electrons. The van der Waals surface area contributed by atoms with E-state index in [9.17, 15) is 0 Å². The Balaban J connectivity index is 0. The first kappa shape index (κ1) is 10.2. The summed E-state index contributed by atoms with van der Waals surface area (Å²) in [5.74, 6) is -3.65. The number of carbonyl (C=O) groups is 2. The van der Waals surface area contributed by atoms with Gasteiger partial charge in [0.2, 0.25) is 0 Å². The Labute approximate surface area is 67.1 Å². The first-order valence-corrected chi connectivity index (χ1v) is 1.11. The van der Waals surface area contributed by atoms with E-state index in [1.165, 1.54) is 0 Å². The second-order valence-electron chi connectivity index (χ2n) is 0.610. The van der Waals surface area contributed by atoms with Gasteiger partial charge in [-0.25, -0.2) is 9.59 Å². The molecule has 0 rings (SSSR count). The molecule has 0 fully saturated rings. The fourth-order valence-corrected chi connectivity index (χ4v) is 0. The minimum Gasteiger partial charge on any atom is -0.473 e. The Morgan fingerprint density at radius 1 is 1.00 bits per heavy atom. The zero-order valence-electron chi connectivity index (χ0n) is 3.29. The molecule has 0 atom stereocenters. The predicted molar refractivity (Wildman–Crippen MR) is 15.3 cm³/mol. The summed E-state index contributed by atoms with van der Waals surface area (Å²) in [6, 6.07) is 0. The molecule has 0 unspecified atom stereocenters. The van der Waals surface area contributed by atoms with Gasteiger partial charge in [-0.2, -0.15) is 0 Å². The van der Waals surface area contributed by atoms with E-state index in [1.807, 2.05) is 0 Å². The number of rotatable bonds is 0. The molecule has 37 valence electrons. The van der Waals surface area contributed by atoms with Crippen LogP contribution in [0.3, 0.4) is 0 Å². The summed E-state index contributed by atoms with van der Waals surface area (Å²) in [6.45, 7) is 0. The van der Waals surface area contributed by atoms with Crippen molar-refractivity contribution in [2.75, 3.05) is 0 Å². The average molecular weight is 229 g/mol. The molecule has 2 N–H and O–H groups in total. The van der Waals surface area contributed by atoms with E-state index >= 15 is 0 Å². The first-order chi connectivity index (χ1) is 2.64. The number of carboxylic acid groups (broad SMARTS) is 2. The van der Waals surface area contributed by atoms with Crippen LogP contribution >= 0.6 is 0 Å². The van der Waals surface area contributed by atoms with Crippen molar-refractivity contribution in [2.45, 2.75) is 0 Å². The van der Waals surface area contributed by atoms with E-state index < -0.39 is 11.9 Å². The summed E-state index contributed by atoms with van der Waals surface area (Å²) in [7, 11) is 0. The zero-order chi connectivity index (χ0) is 5.15. The van der Waals surface area contributed by atoms with Gasteiger partial charge in [0, 0.05) is 35.6 Å². The molecule has 0 heterocycles. The second kappa shape index (κ2) is 4.30. The van der Waals surface area contributed by atoms with Crippen molar-refractivity contribution in [3.63, 3.8) is 0 Å². The number of aliphatic carboxylic acids is 2. The van der Waals surface area contributed by atoms with Crippen LogP contribution in [0.15, 0.2) is 0 Å². The first-order valence-electron chi connectivity index (χ1n) is 1.11. The average Bonchev–Trinajstić information content (AvgIpc) is 1.36. The molecule has 0 bridgehead atoms. The fraction of sp³-hybridized carbons (Fsp3) is 0. The minimum atomic E-state index is -1.82. The Kier molecular flexibility index (Phi) is 6.25. The number of hydrogen-bond acceptors (Lipinski definition) is 2. The Bertz CT molecular complexity index is 75.7. The molecular weight excluding hydrogens is 227 g/mol. The van der Waals surface area contributed by atoms with Gasteiger partial charge in [0.15, 0.2) is 0 Å². The van der Waals surface area contributed by atoms with Gasteiger partial charge in [0.05, 0.1) is 0 Å². The minimum absolute atomic E-state index is 0. The SMILES string of the molecule is O=C(O)C(=O)O.[La]. The maximum Gasteiger partial charge on any atom is 0.414 e. The van der Waals surface area contributed by atoms with Gasteiger partial charge in [-0.1, -0.05) is 0 Å². The van der Waals surface area contributed by atoms with Gasteiger partial charge in [0.1, 0.15) is 0 Å². The van der Waals surface area contributed by atoms with E-state index in [0.29, 0.717) is 0 Å². The summed E-state index contributed by atoms with van der Waals surface area (Å²) < 4.78 is 0. The standard InChI is InChI=1S/C2H2O4.La/c3-1(4)2(5)6;/h(H,3,4)(H,5,6);. The molecule has 0 saturated carbocycles. The van der Waals surface area contributed by atoms with Crippen molar-refractivity contribution in [1.29, 1.82) is 0 Å². The van der Waals surface area contributed by atoms with Gasteiger partial charge >= 0.3 is 11.9 Å². The Morgan fingerprint density at radius 2 is 1.14 bits per heavy atom. The van der Waals surface area contributed by atoms with Gasteiger partial charge in [-0.05, 0) is 0 Å². The Hall–Kier alpha value is 0.135. The van der Waals surface area contributed by atoms with Crippen molar-refractivity contribution in [1.82, 2.24) is 0 Å². The molecule has 7 heavy (non-hydrogen) atoms. The van der Waals surface area contributed by atoms with E-state index in [0.717, 1.165) is 0 Å². The molecule has 0 spiro atoms. The van der Waals surface area contributed by atoms with Crippen LogP contribution in [0.25, 0.3) is 0 Å². The van der Waals surface area contributed by atoms with Crippen molar-refractivity contribution >= 4 is 11.9 Å². The maximum absolute atomic E-state index is 9.10. The molecule has 0 aliphatic carbocycles. The molecule has 0 saturated heterocycles. The molecule has 0 aromatic rings. The molecule has 5 heteroatoms. The normalized spacial score (nSPS) is 6.29. The van der Waals surface area contributed by atoms with Crippen molar-refractivity contribution in [3.8, 4) is 0 Å². The van der Waals surface area contributed by atoms with Crippen LogP contribution in [0.1, 0.15) is 0 Å². The van der Waals surface area contributed by atoms with Crippen molar-refractivity contribution in [2.24, 2.45) is 0 Å². The molecule has 4 nitrogen and oxygen atoms in total. The van der Waals surface area contributed by atoms with Crippen LogP contribution in [-0.4, -0.2) is 22.2 Å². The Morgan fingerprint density at radius 3 is 1.14 bits per heavy atom. The summed E-state index contributed by atoms with van der Waals surface area (Å²) in [5, 5.41) is 14.8. The van der Waals surface area contributed by atoms with Gasteiger partial charge < -0.3 is 10.2 Å². The van der Waals surface area contributed by atoms with Crippen LogP contribution in [-0.2, 0) is 9.59 Å². The van der Waals surface area contributed by atoms with Crippen LogP contribution in [0.4, 0.5) is 0 Å². The van der Waals surface area contributed by atoms with Crippen molar-refractivity contribution in [3.05, 3.63) is 0 Å². The summed E-state index contributed by atoms with van der Waals surface area (Å²) in [5.41, 5.74) is 0. The van der Waals surface area contributed by atoms with Gasteiger partial charge in [0.25, 0.3) is 0 Å². The monoisotopic (exact) mass is 229 g/mol. The van der Waals surface area contributed by atoms with Crippen molar-refractivity contribution < 1.29 is 55.4 Å². The topological polar surface area (TPSA) is 74.6 Å². The van der Waals surface area contributed by atoms with E-state index in [-0.39, 0.29) is 35.6 Å². The number of hydrogen-bond donors (Lipinski definition) is 2. The third-order valence-electron chi connectivity index (χ3n) is 0.183. The molecule has 0 aliphatic heterocycles. The van der Waals surface area contributed by atoms with Gasteiger partial charge in [-0.15, -0.1) is 0 Å². The largest absolute Gasteiger partial charge is 0.473 e. The quantitative estimate of drug-likeness (QED) is 0.531.